The van der Waals surface area contributed by atoms with Crippen molar-refractivity contribution >= 4 is 15.7 Å². The van der Waals surface area contributed by atoms with Gasteiger partial charge in [-0.2, -0.15) is 0 Å². The van der Waals surface area contributed by atoms with Gasteiger partial charge in [0.2, 0.25) is 5.91 Å². The van der Waals surface area contributed by atoms with Crippen molar-refractivity contribution < 1.29 is 13.2 Å². The van der Waals surface area contributed by atoms with Crippen LogP contribution in [0.3, 0.4) is 0 Å². The van der Waals surface area contributed by atoms with Gasteiger partial charge in [0.25, 0.3) is 0 Å². The van der Waals surface area contributed by atoms with E-state index < -0.39 is 9.84 Å². The molecule has 116 valence electrons. The van der Waals surface area contributed by atoms with Crippen molar-refractivity contribution in [2.75, 3.05) is 18.1 Å². The first-order valence-electron chi connectivity index (χ1n) is 7.47. The lowest BCUT2D eigenvalue weighted by Gasteiger charge is -2.09. The van der Waals surface area contributed by atoms with Crippen molar-refractivity contribution in [1.82, 2.24) is 5.32 Å². The Kier molecular flexibility index (Phi) is 5.39. The van der Waals surface area contributed by atoms with Gasteiger partial charge in [-0.3, -0.25) is 4.79 Å². The summed E-state index contributed by atoms with van der Waals surface area (Å²) < 4.78 is 22.7. The number of rotatable bonds is 6. The van der Waals surface area contributed by atoms with Gasteiger partial charge in [-0.1, -0.05) is 29.8 Å². The van der Waals surface area contributed by atoms with Crippen LogP contribution in [0.5, 0.6) is 0 Å². The highest BCUT2D eigenvalue weighted by molar-refractivity contribution is 7.91. The fourth-order valence-electron chi connectivity index (χ4n) is 2.73. The smallest absolute Gasteiger partial charge is 0.220 e. The van der Waals surface area contributed by atoms with Gasteiger partial charge < -0.3 is 5.32 Å². The van der Waals surface area contributed by atoms with E-state index in [0.29, 0.717) is 18.7 Å². The molecule has 0 radical (unpaired) electrons. The van der Waals surface area contributed by atoms with Crippen LogP contribution in [-0.2, 0) is 21.1 Å². The second-order valence-electron chi connectivity index (χ2n) is 5.90. The van der Waals surface area contributed by atoms with Gasteiger partial charge in [-0.15, -0.1) is 0 Å². The summed E-state index contributed by atoms with van der Waals surface area (Å²) in [4.78, 5) is 11.8. The standard InChI is InChI=1S/C16H23NO3S/c1-13-3-2-4-14(11-13)5-6-16(18)17-9-7-15-8-10-21(19,20)12-15/h2-4,11,15H,5-10,12H2,1H3,(H,17,18). The van der Waals surface area contributed by atoms with Gasteiger partial charge in [-0.25, -0.2) is 8.42 Å². The van der Waals surface area contributed by atoms with E-state index in [1.54, 1.807) is 0 Å². The van der Waals surface area contributed by atoms with E-state index in [0.717, 1.165) is 19.3 Å². The second-order valence-corrected chi connectivity index (χ2v) is 8.13. The van der Waals surface area contributed by atoms with Gasteiger partial charge >= 0.3 is 0 Å². The number of carbonyl (C=O) groups excluding carboxylic acids is 1. The van der Waals surface area contributed by atoms with Gasteiger partial charge in [-0.05, 0) is 37.7 Å². The first-order chi connectivity index (χ1) is 9.94. The molecule has 1 fully saturated rings. The summed E-state index contributed by atoms with van der Waals surface area (Å²) in [5.41, 5.74) is 2.38. The third kappa shape index (κ3) is 5.50. The van der Waals surface area contributed by atoms with Crippen molar-refractivity contribution in [2.45, 2.75) is 32.6 Å². The molecule has 1 heterocycles. The van der Waals surface area contributed by atoms with Crippen LogP contribution >= 0.6 is 0 Å². The van der Waals surface area contributed by atoms with E-state index in [1.165, 1.54) is 11.1 Å². The highest BCUT2D eigenvalue weighted by Crippen LogP contribution is 2.20. The Hall–Kier alpha value is -1.36. The first-order valence-corrected chi connectivity index (χ1v) is 9.29. The highest BCUT2D eigenvalue weighted by atomic mass is 32.2. The number of hydrogen-bond donors (Lipinski definition) is 1. The van der Waals surface area contributed by atoms with Crippen LogP contribution < -0.4 is 5.32 Å². The van der Waals surface area contributed by atoms with E-state index in [2.05, 4.69) is 11.4 Å². The molecule has 1 saturated heterocycles. The molecule has 2 rings (SSSR count). The summed E-state index contributed by atoms with van der Waals surface area (Å²) in [5, 5.41) is 2.89. The number of nitrogens with one attached hydrogen (secondary N) is 1. The molecule has 4 nitrogen and oxygen atoms in total. The molecule has 5 heteroatoms. The molecule has 0 spiro atoms. The minimum atomic E-state index is -2.81. The number of amides is 1. The fourth-order valence-corrected chi connectivity index (χ4v) is 4.64. The van der Waals surface area contributed by atoms with E-state index >= 15 is 0 Å². The van der Waals surface area contributed by atoms with Crippen LogP contribution in [0.1, 0.15) is 30.4 Å². The van der Waals surface area contributed by atoms with E-state index in [1.807, 2.05) is 25.1 Å². The molecule has 1 aliphatic heterocycles. The zero-order valence-electron chi connectivity index (χ0n) is 12.5. The molecule has 0 bridgehead atoms. The molecule has 1 atom stereocenters. The van der Waals surface area contributed by atoms with Crippen molar-refractivity contribution in [3.8, 4) is 0 Å². The molecule has 0 aliphatic carbocycles. The average molecular weight is 309 g/mol. The predicted octanol–water partition coefficient (Wildman–Crippen LogP) is 1.87. The Labute approximate surface area is 126 Å². The maximum absolute atomic E-state index is 11.8. The molecule has 21 heavy (non-hydrogen) atoms. The van der Waals surface area contributed by atoms with Crippen molar-refractivity contribution in [3.63, 3.8) is 0 Å². The minimum Gasteiger partial charge on any atom is -0.356 e. The summed E-state index contributed by atoms with van der Waals surface area (Å²) in [6.45, 7) is 2.62. The molecular weight excluding hydrogens is 286 g/mol. The monoisotopic (exact) mass is 309 g/mol. The minimum absolute atomic E-state index is 0.0392. The molecule has 1 N–H and O–H groups in total. The Morgan fingerprint density at radius 2 is 2.19 bits per heavy atom. The number of sulfone groups is 1. The van der Waals surface area contributed by atoms with E-state index in [4.69, 9.17) is 0 Å². The van der Waals surface area contributed by atoms with Gasteiger partial charge in [0, 0.05) is 13.0 Å². The number of hydrogen-bond acceptors (Lipinski definition) is 3. The van der Waals surface area contributed by atoms with Crippen LogP contribution in [0.4, 0.5) is 0 Å². The molecule has 1 amide bonds. The van der Waals surface area contributed by atoms with E-state index in [9.17, 15) is 13.2 Å². The third-order valence-corrected chi connectivity index (χ3v) is 5.76. The van der Waals surface area contributed by atoms with Crippen LogP contribution in [0, 0.1) is 12.8 Å². The quantitative estimate of drug-likeness (QED) is 0.872. The van der Waals surface area contributed by atoms with Crippen molar-refractivity contribution in [1.29, 1.82) is 0 Å². The normalized spacial score (nSPS) is 20.3. The van der Waals surface area contributed by atoms with Crippen molar-refractivity contribution in [2.24, 2.45) is 5.92 Å². The first kappa shape index (κ1) is 16.0. The fraction of sp³-hybridized carbons (Fsp3) is 0.562. The lowest BCUT2D eigenvalue weighted by Crippen LogP contribution is -2.26. The summed E-state index contributed by atoms with van der Waals surface area (Å²) in [6, 6.07) is 8.17. The number of benzene rings is 1. The average Bonchev–Trinajstić information content (AvgIpc) is 2.76. The molecular formula is C16H23NO3S. The lowest BCUT2D eigenvalue weighted by atomic mass is 10.1. The zero-order chi connectivity index (χ0) is 15.3. The third-order valence-electron chi connectivity index (χ3n) is 3.92. The highest BCUT2D eigenvalue weighted by Gasteiger charge is 2.27. The van der Waals surface area contributed by atoms with Gasteiger partial charge in [0.1, 0.15) is 0 Å². The topological polar surface area (TPSA) is 63.2 Å². The Bertz CT molecular complexity index is 595. The van der Waals surface area contributed by atoms with Crippen LogP contribution in [-0.4, -0.2) is 32.4 Å². The lowest BCUT2D eigenvalue weighted by molar-refractivity contribution is -0.121. The summed E-state index contributed by atoms with van der Waals surface area (Å²) in [5.74, 6) is 0.843. The molecule has 1 unspecified atom stereocenters. The summed E-state index contributed by atoms with van der Waals surface area (Å²) in [7, 11) is -2.81. The van der Waals surface area contributed by atoms with E-state index in [-0.39, 0.29) is 17.6 Å². The number of carbonyl (C=O) groups is 1. The molecule has 1 aromatic carbocycles. The van der Waals surface area contributed by atoms with Gasteiger partial charge in [0.15, 0.2) is 9.84 Å². The van der Waals surface area contributed by atoms with Crippen molar-refractivity contribution in [3.05, 3.63) is 35.4 Å². The molecule has 0 saturated carbocycles. The van der Waals surface area contributed by atoms with Crippen LogP contribution in [0.25, 0.3) is 0 Å². The maximum atomic E-state index is 11.8. The predicted molar refractivity (Wildman–Crippen MR) is 83.9 cm³/mol. The molecule has 0 aromatic heterocycles. The Morgan fingerprint density at radius 3 is 2.86 bits per heavy atom. The molecule has 1 aliphatic rings. The number of aryl methyl sites for hydroxylation is 2. The van der Waals surface area contributed by atoms with Crippen LogP contribution in [0.15, 0.2) is 24.3 Å². The Morgan fingerprint density at radius 1 is 1.38 bits per heavy atom. The maximum Gasteiger partial charge on any atom is 0.220 e. The largest absolute Gasteiger partial charge is 0.356 e. The summed E-state index contributed by atoms with van der Waals surface area (Å²) in [6.07, 6.45) is 2.72. The SMILES string of the molecule is Cc1cccc(CCC(=O)NCCC2CCS(=O)(=O)C2)c1. The van der Waals surface area contributed by atoms with Gasteiger partial charge in [0.05, 0.1) is 11.5 Å². The zero-order valence-corrected chi connectivity index (χ0v) is 13.3. The van der Waals surface area contributed by atoms with Crippen LogP contribution in [0.2, 0.25) is 0 Å². The Balaban J connectivity index is 1.64. The molecule has 1 aromatic rings. The second kappa shape index (κ2) is 7.07. The summed E-state index contributed by atoms with van der Waals surface area (Å²) >= 11 is 0.